The molecule has 0 amide bonds. The van der Waals surface area contributed by atoms with Gasteiger partial charge in [0, 0.05) is 0 Å². The zero-order valence-electron chi connectivity index (χ0n) is 6.68. The van der Waals surface area contributed by atoms with Crippen LogP contribution < -0.4 is 0 Å². The molecule has 0 unspecified atom stereocenters. The number of allylic oxidation sites excluding steroid dienone is 1. The van der Waals surface area contributed by atoms with E-state index < -0.39 is 0 Å². The van der Waals surface area contributed by atoms with Crippen LogP contribution in [0.25, 0.3) is 0 Å². The Kier molecular flexibility index (Phi) is 4.63. The number of esters is 1. The zero-order valence-corrected chi connectivity index (χ0v) is 6.68. The van der Waals surface area contributed by atoms with Crippen LogP contribution in [0.5, 0.6) is 0 Å². The van der Waals surface area contributed by atoms with Crippen molar-refractivity contribution in [3.8, 4) is 0 Å². The highest BCUT2D eigenvalue weighted by molar-refractivity contribution is 5.82. The topological polar surface area (TPSA) is 26.3 Å². The van der Waals surface area contributed by atoms with E-state index in [0.29, 0.717) is 0 Å². The molecule has 0 spiro atoms. The van der Waals surface area contributed by atoms with Gasteiger partial charge in [0.15, 0.2) is 0 Å². The van der Waals surface area contributed by atoms with Crippen molar-refractivity contribution in [1.82, 2.24) is 0 Å². The fourth-order valence-corrected chi connectivity index (χ4v) is 0.600. The van der Waals surface area contributed by atoms with Crippen LogP contribution in [0.4, 0.5) is 0 Å². The molecule has 0 atom stereocenters. The lowest BCUT2D eigenvalue weighted by atomic mass is 10.1. The second kappa shape index (κ2) is 5.03. The van der Waals surface area contributed by atoms with E-state index in [9.17, 15) is 4.79 Å². The summed E-state index contributed by atoms with van der Waals surface area (Å²) < 4.78 is 4.45. The number of hydrogen-bond donors (Lipinski definition) is 0. The largest absolute Gasteiger partial charge is 0.469 e. The monoisotopic (exact) mass is 141 g/mol. The number of hydrogen-bond acceptors (Lipinski definition) is 2. The maximum absolute atomic E-state index is 10.6. The predicted octanol–water partition coefficient (Wildman–Crippen LogP) is 1.72. The van der Waals surface area contributed by atoms with Gasteiger partial charge in [-0.05, 0) is 13.3 Å². The van der Waals surface area contributed by atoms with Crippen LogP contribution in [-0.2, 0) is 9.53 Å². The minimum Gasteiger partial charge on any atom is -0.469 e. The van der Waals surface area contributed by atoms with Gasteiger partial charge in [-0.2, -0.15) is 0 Å². The molecule has 0 aromatic heterocycles. The van der Waals surface area contributed by atoms with Crippen molar-refractivity contribution in [3.63, 3.8) is 0 Å². The molecule has 0 saturated heterocycles. The molecule has 57 valence electrons. The van der Waals surface area contributed by atoms with Crippen LogP contribution >= 0.6 is 0 Å². The normalized spacial score (nSPS) is 11.3. The summed E-state index contributed by atoms with van der Waals surface area (Å²) in [5.74, 6) is -0.282. The van der Waals surface area contributed by atoms with Gasteiger partial charge in [0.1, 0.15) is 0 Å². The lowest BCUT2D eigenvalue weighted by Gasteiger charge is -1.99. The summed E-state index contributed by atoms with van der Waals surface area (Å²) in [4.78, 5) is 10.6. The van der Waals surface area contributed by atoms with E-state index in [2.05, 4.69) is 4.74 Å². The van der Waals surface area contributed by atoms with Gasteiger partial charge >= 0.3 is 5.97 Å². The molecule has 0 aromatic rings. The quantitative estimate of drug-likeness (QED) is 0.559. The van der Waals surface area contributed by atoms with Crippen molar-refractivity contribution in [2.75, 3.05) is 7.11 Å². The van der Waals surface area contributed by atoms with Crippen LogP contribution in [-0.4, -0.2) is 13.1 Å². The second-order valence-electron chi connectivity index (χ2n) is 1.88. The molecule has 0 saturated carbocycles. The molecule has 0 heterocycles. The van der Waals surface area contributed by atoms with Gasteiger partial charge in [-0.1, -0.05) is 18.6 Å². The molecule has 2 heteroatoms. The third kappa shape index (κ3) is 3.28. The highest BCUT2D eigenvalue weighted by Crippen LogP contribution is 2.04. The average Bonchev–Trinajstić information content (AvgIpc) is 1.99. The van der Waals surface area contributed by atoms with E-state index in [4.69, 9.17) is 0 Å². The molecular weight excluding hydrogens is 128 g/mol. The number of carbonyl (C=O) groups is 1. The molecule has 0 aliphatic rings. The van der Waals surface area contributed by atoms with Crippen molar-refractivity contribution in [2.24, 2.45) is 0 Å². The minimum atomic E-state index is -0.282. The van der Waals surface area contributed by atoms with Gasteiger partial charge in [0.25, 0.3) is 0 Å². The predicted molar refractivity (Wildman–Crippen MR) is 40.4 cm³/mol. The summed E-state index contributed by atoms with van der Waals surface area (Å²) in [7, 11) is 1.38. The second-order valence-corrected chi connectivity index (χ2v) is 1.88. The molecule has 0 aliphatic heterocycles. The van der Waals surface area contributed by atoms with Gasteiger partial charge in [0.05, 0.1) is 13.5 Å². The molecule has 0 N–H and O–H groups in total. The van der Waals surface area contributed by atoms with Crippen LogP contribution in [0.3, 0.4) is 0 Å². The van der Waals surface area contributed by atoms with Crippen molar-refractivity contribution in [1.29, 1.82) is 0 Å². The first kappa shape index (κ1) is 9.21. The van der Waals surface area contributed by atoms with Crippen LogP contribution in [0.1, 0.15) is 20.3 Å². The Labute approximate surface area is 61.9 Å². The third-order valence-corrected chi connectivity index (χ3v) is 1.28. The molecule has 0 aromatic carbocycles. The summed E-state index contributed by atoms with van der Waals surface area (Å²) in [6.07, 6.45) is 4.27. The molecule has 0 rings (SSSR count). The van der Waals surface area contributed by atoms with E-state index in [1.807, 2.05) is 19.9 Å². The highest BCUT2D eigenvalue weighted by atomic mass is 16.5. The SMILES string of the molecule is CC=C([CH]C(=O)OC)CC. The Morgan fingerprint density at radius 3 is 2.50 bits per heavy atom. The summed E-state index contributed by atoms with van der Waals surface area (Å²) in [5, 5.41) is 0. The van der Waals surface area contributed by atoms with Gasteiger partial charge in [0.2, 0.25) is 0 Å². The lowest BCUT2D eigenvalue weighted by Crippen LogP contribution is -2.02. The molecular formula is C8H13O2. The fourth-order valence-electron chi connectivity index (χ4n) is 0.600. The number of rotatable bonds is 3. The molecule has 0 bridgehead atoms. The minimum absolute atomic E-state index is 0.282. The summed E-state index contributed by atoms with van der Waals surface area (Å²) >= 11 is 0. The number of methoxy groups -OCH3 is 1. The van der Waals surface area contributed by atoms with Crippen molar-refractivity contribution in [3.05, 3.63) is 18.1 Å². The molecule has 0 aliphatic carbocycles. The van der Waals surface area contributed by atoms with Gasteiger partial charge < -0.3 is 4.74 Å². The van der Waals surface area contributed by atoms with E-state index in [1.165, 1.54) is 13.5 Å². The molecule has 1 radical (unpaired) electrons. The van der Waals surface area contributed by atoms with Crippen LogP contribution in [0.15, 0.2) is 11.6 Å². The summed E-state index contributed by atoms with van der Waals surface area (Å²) in [5.41, 5.74) is 1.01. The van der Waals surface area contributed by atoms with Crippen molar-refractivity contribution in [2.45, 2.75) is 20.3 Å². The number of carbonyl (C=O) groups excluding carboxylic acids is 1. The van der Waals surface area contributed by atoms with E-state index in [-0.39, 0.29) is 5.97 Å². The van der Waals surface area contributed by atoms with Gasteiger partial charge in [-0.25, -0.2) is 0 Å². The first-order valence-electron chi connectivity index (χ1n) is 3.32. The van der Waals surface area contributed by atoms with E-state index >= 15 is 0 Å². The smallest absolute Gasteiger partial charge is 0.314 e. The Balaban J connectivity index is 3.76. The first-order chi connectivity index (χ1) is 4.74. The number of ether oxygens (including phenoxy) is 1. The highest BCUT2D eigenvalue weighted by Gasteiger charge is 2.02. The molecule has 0 fully saturated rings. The van der Waals surface area contributed by atoms with E-state index in [1.54, 1.807) is 0 Å². The zero-order chi connectivity index (χ0) is 7.98. The molecule has 2 nitrogen and oxygen atoms in total. The Morgan fingerprint density at radius 1 is 1.60 bits per heavy atom. The van der Waals surface area contributed by atoms with Crippen molar-refractivity contribution < 1.29 is 9.53 Å². The maximum atomic E-state index is 10.6. The standard InChI is InChI=1S/C8H13O2/c1-4-7(5-2)6-8(9)10-3/h4,6H,5H2,1-3H3. The Bertz CT molecular complexity index is 136. The molecule has 10 heavy (non-hydrogen) atoms. The first-order valence-corrected chi connectivity index (χ1v) is 3.32. The van der Waals surface area contributed by atoms with E-state index in [0.717, 1.165) is 12.0 Å². The third-order valence-electron chi connectivity index (χ3n) is 1.28. The lowest BCUT2D eigenvalue weighted by molar-refractivity contribution is -0.136. The maximum Gasteiger partial charge on any atom is 0.314 e. The average molecular weight is 141 g/mol. The van der Waals surface area contributed by atoms with Crippen LogP contribution in [0.2, 0.25) is 0 Å². The summed E-state index contributed by atoms with van der Waals surface area (Å²) in [6.45, 7) is 3.90. The van der Waals surface area contributed by atoms with Crippen molar-refractivity contribution >= 4 is 5.97 Å². The van der Waals surface area contributed by atoms with Gasteiger partial charge in [-0.15, -0.1) is 0 Å². The summed E-state index contributed by atoms with van der Waals surface area (Å²) in [6, 6.07) is 0. The Morgan fingerprint density at radius 2 is 2.20 bits per heavy atom. The fraction of sp³-hybridized carbons (Fsp3) is 0.500. The Hall–Kier alpha value is -0.790. The van der Waals surface area contributed by atoms with Crippen LogP contribution in [0, 0.1) is 6.42 Å². The van der Waals surface area contributed by atoms with Gasteiger partial charge in [-0.3, -0.25) is 4.79 Å².